The first-order valence-corrected chi connectivity index (χ1v) is 8.87. The molecule has 134 valence electrons. The Balaban J connectivity index is 1.81. The SMILES string of the molecule is CCC1CCCCN1CC(=O)Nc1c(C(=O)OC)[nH]c2ccccc12. The average Bonchev–Trinajstić information content (AvgIpc) is 3.00. The number of H-pyrrole nitrogens is 1. The van der Waals surface area contributed by atoms with Crippen molar-refractivity contribution in [2.24, 2.45) is 0 Å². The lowest BCUT2D eigenvalue weighted by Crippen LogP contribution is -2.43. The number of para-hydroxylation sites is 1. The number of carbonyl (C=O) groups is 2. The maximum absolute atomic E-state index is 12.6. The molecular formula is C19H25N3O3. The first-order chi connectivity index (χ1) is 12.1. The summed E-state index contributed by atoms with van der Waals surface area (Å²) in [7, 11) is 1.33. The van der Waals surface area contributed by atoms with Crippen LogP contribution in [0.1, 0.15) is 43.1 Å². The van der Waals surface area contributed by atoms with Gasteiger partial charge in [0.25, 0.3) is 0 Å². The number of methoxy groups -OCH3 is 1. The van der Waals surface area contributed by atoms with Crippen LogP contribution in [-0.4, -0.2) is 48.0 Å². The van der Waals surface area contributed by atoms with Crippen LogP contribution in [0.4, 0.5) is 5.69 Å². The van der Waals surface area contributed by atoms with E-state index in [0.29, 0.717) is 18.3 Å². The summed E-state index contributed by atoms with van der Waals surface area (Å²) in [5.41, 5.74) is 1.57. The number of piperidine rings is 1. The minimum atomic E-state index is -0.490. The van der Waals surface area contributed by atoms with Gasteiger partial charge in [-0.05, 0) is 31.9 Å². The highest BCUT2D eigenvalue weighted by Crippen LogP contribution is 2.28. The second kappa shape index (κ2) is 7.70. The summed E-state index contributed by atoms with van der Waals surface area (Å²) in [5, 5.41) is 3.74. The van der Waals surface area contributed by atoms with E-state index in [1.807, 2.05) is 24.3 Å². The lowest BCUT2D eigenvalue weighted by Gasteiger charge is -2.34. The largest absolute Gasteiger partial charge is 0.464 e. The second-order valence-electron chi connectivity index (χ2n) is 6.49. The minimum absolute atomic E-state index is 0.102. The Labute approximate surface area is 147 Å². The molecule has 0 saturated carbocycles. The predicted molar refractivity (Wildman–Crippen MR) is 97.8 cm³/mol. The van der Waals surface area contributed by atoms with Gasteiger partial charge in [0.2, 0.25) is 5.91 Å². The van der Waals surface area contributed by atoms with Crippen LogP contribution in [0.15, 0.2) is 24.3 Å². The van der Waals surface area contributed by atoms with Gasteiger partial charge >= 0.3 is 5.97 Å². The number of nitrogens with zero attached hydrogens (tertiary/aromatic N) is 1. The van der Waals surface area contributed by atoms with Gasteiger partial charge in [0.15, 0.2) is 0 Å². The monoisotopic (exact) mass is 343 g/mol. The van der Waals surface area contributed by atoms with Crippen LogP contribution in [0.25, 0.3) is 10.9 Å². The normalized spacial score (nSPS) is 18.2. The maximum atomic E-state index is 12.6. The van der Waals surface area contributed by atoms with E-state index in [-0.39, 0.29) is 11.6 Å². The van der Waals surface area contributed by atoms with Crippen molar-refractivity contribution in [3.05, 3.63) is 30.0 Å². The summed E-state index contributed by atoms with van der Waals surface area (Å²) in [6.45, 7) is 3.46. The zero-order valence-corrected chi connectivity index (χ0v) is 14.8. The lowest BCUT2D eigenvalue weighted by atomic mass is 10.00. The molecule has 1 aliphatic heterocycles. The van der Waals surface area contributed by atoms with E-state index < -0.39 is 5.97 Å². The van der Waals surface area contributed by atoms with E-state index >= 15 is 0 Å². The average molecular weight is 343 g/mol. The molecule has 0 radical (unpaired) electrons. The molecule has 1 fully saturated rings. The van der Waals surface area contributed by atoms with Crippen molar-refractivity contribution in [2.45, 2.75) is 38.6 Å². The molecule has 1 aliphatic rings. The minimum Gasteiger partial charge on any atom is -0.464 e. The number of nitrogens with one attached hydrogen (secondary N) is 2. The van der Waals surface area contributed by atoms with Gasteiger partial charge in [-0.2, -0.15) is 0 Å². The summed E-state index contributed by atoms with van der Waals surface area (Å²) < 4.78 is 4.84. The van der Waals surface area contributed by atoms with Gasteiger partial charge in [0.1, 0.15) is 5.69 Å². The molecule has 1 amide bonds. The van der Waals surface area contributed by atoms with Crippen LogP contribution in [0, 0.1) is 0 Å². The molecule has 1 atom stereocenters. The Morgan fingerprint density at radius 2 is 2.12 bits per heavy atom. The van der Waals surface area contributed by atoms with Crippen molar-refractivity contribution in [3.8, 4) is 0 Å². The molecule has 3 rings (SSSR count). The fourth-order valence-electron chi connectivity index (χ4n) is 3.62. The van der Waals surface area contributed by atoms with Crippen LogP contribution < -0.4 is 5.32 Å². The molecule has 2 heterocycles. The molecule has 25 heavy (non-hydrogen) atoms. The number of esters is 1. The molecule has 0 spiro atoms. The van der Waals surface area contributed by atoms with Gasteiger partial charge in [-0.25, -0.2) is 4.79 Å². The predicted octanol–water partition coefficient (Wildman–Crippen LogP) is 3.16. The molecule has 2 N–H and O–H groups in total. The van der Waals surface area contributed by atoms with Crippen molar-refractivity contribution < 1.29 is 14.3 Å². The number of hydrogen-bond acceptors (Lipinski definition) is 4. The zero-order chi connectivity index (χ0) is 17.8. The summed E-state index contributed by atoms with van der Waals surface area (Å²) in [6.07, 6.45) is 4.55. The van der Waals surface area contributed by atoms with E-state index in [2.05, 4.69) is 22.1 Å². The maximum Gasteiger partial charge on any atom is 0.356 e. The third-order valence-electron chi connectivity index (χ3n) is 4.93. The number of anilines is 1. The molecule has 0 bridgehead atoms. The Kier molecular flexibility index (Phi) is 5.38. The van der Waals surface area contributed by atoms with Gasteiger partial charge in [-0.3, -0.25) is 9.69 Å². The highest BCUT2D eigenvalue weighted by Gasteiger charge is 2.25. The highest BCUT2D eigenvalue weighted by atomic mass is 16.5. The number of fused-ring (bicyclic) bond motifs is 1. The molecular weight excluding hydrogens is 318 g/mol. The van der Waals surface area contributed by atoms with E-state index in [1.54, 1.807) is 0 Å². The van der Waals surface area contributed by atoms with E-state index in [9.17, 15) is 9.59 Å². The van der Waals surface area contributed by atoms with Crippen LogP contribution in [0.5, 0.6) is 0 Å². The van der Waals surface area contributed by atoms with Crippen LogP contribution in [0.3, 0.4) is 0 Å². The number of carbonyl (C=O) groups excluding carboxylic acids is 2. The zero-order valence-electron chi connectivity index (χ0n) is 14.8. The van der Waals surface area contributed by atoms with Gasteiger partial charge in [-0.1, -0.05) is 31.5 Å². The molecule has 1 unspecified atom stereocenters. The number of amides is 1. The number of ether oxygens (including phenoxy) is 1. The number of rotatable bonds is 5. The molecule has 1 aromatic carbocycles. The van der Waals surface area contributed by atoms with Crippen molar-refractivity contribution in [2.75, 3.05) is 25.5 Å². The van der Waals surface area contributed by atoms with Crippen LogP contribution in [-0.2, 0) is 9.53 Å². The van der Waals surface area contributed by atoms with Gasteiger partial charge in [0, 0.05) is 16.9 Å². The Morgan fingerprint density at radius 1 is 1.32 bits per heavy atom. The third-order valence-corrected chi connectivity index (χ3v) is 4.93. The summed E-state index contributed by atoms with van der Waals surface area (Å²) in [5.74, 6) is -0.592. The smallest absolute Gasteiger partial charge is 0.356 e. The molecule has 1 saturated heterocycles. The van der Waals surface area contributed by atoms with E-state index in [1.165, 1.54) is 13.5 Å². The standard InChI is InChI=1S/C19H25N3O3/c1-3-13-8-6-7-11-22(13)12-16(23)21-17-14-9-4-5-10-15(14)20-18(17)19(24)25-2/h4-5,9-10,13,20H,3,6-8,11-12H2,1-2H3,(H,21,23). The van der Waals surface area contributed by atoms with E-state index in [4.69, 9.17) is 4.74 Å². The number of benzene rings is 1. The lowest BCUT2D eigenvalue weighted by molar-refractivity contribution is -0.118. The Hall–Kier alpha value is -2.34. The molecule has 1 aromatic heterocycles. The number of aromatic amines is 1. The Bertz CT molecular complexity index is 768. The topological polar surface area (TPSA) is 74.4 Å². The Morgan fingerprint density at radius 3 is 2.88 bits per heavy atom. The number of aromatic nitrogens is 1. The van der Waals surface area contributed by atoms with E-state index in [0.717, 1.165) is 36.7 Å². The molecule has 6 heteroatoms. The van der Waals surface area contributed by atoms with Gasteiger partial charge in [-0.15, -0.1) is 0 Å². The summed E-state index contributed by atoms with van der Waals surface area (Å²) in [4.78, 5) is 30.0. The first kappa shape index (κ1) is 17.5. The van der Waals surface area contributed by atoms with Gasteiger partial charge in [0.05, 0.1) is 19.3 Å². The van der Waals surface area contributed by atoms with Crippen LogP contribution in [0.2, 0.25) is 0 Å². The summed E-state index contributed by atoms with van der Waals surface area (Å²) >= 11 is 0. The fraction of sp³-hybridized carbons (Fsp3) is 0.474. The van der Waals surface area contributed by atoms with Crippen molar-refractivity contribution >= 4 is 28.5 Å². The first-order valence-electron chi connectivity index (χ1n) is 8.87. The highest BCUT2D eigenvalue weighted by molar-refractivity contribution is 6.11. The van der Waals surface area contributed by atoms with Crippen molar-refractivity contribution in [1.82, 2.24) is 9.88 Å². The third kappa shape index (κ3) is 3.69. The van der Waals surface area contributed by atoms with Crippen molar-refractivity contribution in [3.63, 3.8) is 0 Å². The fourth-order valence-corrected chi connectivity index (χ4v) is 3.62. The second-order valence-corrected chi connectivity index (χ2v) is 6.49. The molecule has 2 aromatic rings. The number of hydrogen-bond donors (Lipinski definition) is 2. The molecule has 0 aliphatic carbocycles. The quantitative estimate of drug-likeness (QED) is 0.818. The summed E-state index contributed by atoms with van der Waals surface area (Å²) in [6, 6.07) is 7.97. The number of likely N-dealkylation sites (tertiary alicyclic amines) is 1. The molecule has 6 nitrogen and oxygen atoms in total. The van der Waals surface area contributed by atoms with Crippen LogP contribution >= 0.6 is 0 Å². The van der Waals surface area contributed by atoms with Gasteiger partial charge < -0.3 is 15.0 Å². The van der Waals surface area contributed by atoms with Crippen molar-refractivity contribution in [1.29, 1.82) is 0 Å².